The van der Waals surface area contributed by atoms with Crippen molar-refractivity contribution in [2.24, 2.45) is 0 Å². The van der Waals surface area contributed by atoms with Gasteiger partial charge in [0.15, 0.2) is 11.6 Å². The van der Waals surface area contributed by atoms with Crippen LogP contribution in [-0.2, 0) is 9.53 Å². The lowest BCUT2D eigenvalue weighted by atomic mass is 9.83. The van der Waals surface area contributed by atoms with Crippen LogP contribution in [0.3, 0.4) is 0 Å². The summed E-state index contributed by atoms with van der Waals surface area (Å²) in [5, 5.41) is 15.0. The zero-order valence-corrected chi connectivity index (χ0v) is 19.9. The Morgan fingerprint density at radius 2 is 1.49 bits per heavy atom. The number of rotatable bonds is 6. The van der Waals surface area contributed by atoms with Gasteiger partial charge in [0.1, 0.15) is 6.04 Å². The van der Waals surface area contributed by atoms with E-state index >= 15 is 0 Å². The Labute approximate surface area is 213 Å². The molecule has 0 spiro atoms. The summed E-state index contributed by atoms with van der Waals surface area (Å²) in [6.07, 6.45) is 0. The second-order valence-corrected chi connectivity index (χ2v) is 8.81. The Morgan fingerprint density at radius 3 is 2.14 bits per heavy atom. The van der Waals surface area contributed by atoms with Gasteiger partial charge in [-0.1, -0.05) is 24.3 Å². The van der Waals surface area contributed by atoms with E-state index in [1.807, 2.05) is 12.1 Å². The van der Waals surface area contributed by atoms with Crippen molar-refractivity contribution in [3.63, 3.8) is 0 Å². The number of benzene rings is 3. The predicted molar refractivity (Wildman–Crippen MR) is 136 cm³/mol. The number of ether oxygens (including phenoxy) is 1. The van der Waals surface area contributed by atoms with Crippen molar-refractivity contribution >= 4 is 34.8 Å². The molecule has 0 radical (unpaired) electrons. The molecule has 1 fully saturated rings. The van der Waals surface area contributed by atoms with Crippen LogP contribution >= 0.6 is 0 Å². The van der Waals surface area contributed by atoms with E-state index in [1.54, 1.807) is 36.4 Å². The Hall–Kier alpha value is -4.34. The summed E-state index contributed by atoms with van der Waals surface area (Å²) in [6, 6.07) is 16.8. The van der Waals surface area contributed by atoms with Crippen LogP contribution in [0.4, 0.5) is 11.4 Å². The molecule has 0 aromatic heterocycles. The maximum absolute atomic E-state index is 12.9. The third kappa shape index (κ3) is 4.87. The molecule has 5 rings (SSSR count). The fourth-order valence-corrected chi connectivity index (χ4v) is 4.48. The minimum absolute atomic E-state index is 0.0976. The number of nitrogens with one attached hydrogen (secondary N) is 2. The number of hydrogen-bond donors (Lipinski definition) is 3. The molecule has 1 aliphatic heterocycles. The van der Waals surface area contributed by atoms with Crippen LogP contribution < -0.4 is 15.5 Å². The molecule has 0 bridgehead atoms. The van der Waals surface area contributed by atoms with Gasteiger partial charge in [-0.15, -0.1) is 0 Å². The van der Waals surface area contributed by atoms with Crippen molar-refractivity contribution in [3.8, 4) is 0 Å². The highest BCUT2D eigenvalue weighted by Crippen LogP contribution is 2.28. The molecule has 3 N–H and O–H groups in total. The van der Waals surface area contributed by atoms with Crippen LogP contribution in [0, 0.1) is 0 Å². The largest absolute Gasteiger partial charge is 0.394 e. The van der Waals surface area contributed by atoms with E-state index in [0.717, 1.165) is 18.8 Å². The summed E-state index contributed by atoms with van der Waals surface area (Å²) in [4.78, 5) is 53.6. The highest BCUT2D eigenvalue weighted by molar-refractivity contribution is 6.28. The summed E-state index contributed by atoms with van der Waals surface area (Å²) in [5.41, 5.74) is 2.58. The van der Waals surface area contributed by atoms with E-state index in [0.29, 0.717) is 24.5 Å². The normalized spacial score (nSPS) is 15.4. The smallest absolute Gasteiger partial charge is 0.252 e. The summed E-state index contributed by atoms with van der Waals surface area (Å²) < 4.78 is 5.36. The zero-order chi connectivity index (χ0) is 25.9. The van der Waals surface area contributed by atoms with Crippen LogP contribution in [0.25, 0.3) is 0 Å². The Balaban J connectivity index is 1.26. The van der Waals surface area contributed by atoms with E-state index in [9.17, 15) is 24.3 Å². The van der Waals surface area contributed by atoms with Crippen molar-refractivity contribution in [1.82, 2.24) is 5.32 Å². The van der Waals surface area contributed by atoms with Crippen LogP contribution in [0.1, 0.15) is 42.2 Å². The first-order valence-corrected chi connectivity index (χ1v) is 11.9. The van der Waals surface area contributed by atoms with Gasteiger partial charge in [-0.3, -0.25) is 19.2 Å². The minimum Gasteiger partial charge on any atom is -0.394 e. The summed E-state index contributed by atoms with van der Waals surface area (Å²) >= 11 is 0. The van der Waals surface area contributed by atoms with Crippen LogP contribution in [-0.4, -0.2) is 67.4 Å². The molecular formula is C28H25N3O6. The van der Waals surface area contributed by atoms with E-state index < -0.39 is 24.5 Å². The number of aliphatic hydroxyl groups excluding tert-OH is 1. The molecule has 188 valence electrons. The molecule has 1 unspecified atom stereocenters. The summed E-state index contributed by atoms with van der Waals surface area (Å²) in [5.74, 6) is -1.88. The molecule has 1 saturated heterocycles. The molecule has 37 heavy (non-hydrogen) atoms. The quantitative estimate of drug-likeness (QED) is 0.371. The lowest BCUT2D eigenvalue weighted by Gasteiger charge is -2.29. The number of amides is 2. The van der Waals surface area contributed by atoms with Crippen LogP contribution in [0.5, 0.6) is 0 Å². The fraction of sp³-hybridized carbons (Fsp3) is 0.214. The van der Waals surface area contributed by atoms with Gasteiger partial charge in [-0.05, 0) is 42.5 Å². The maximum atomic E-state index is 12.9. The number of carbonyl (C=O) groups is 4. The Bertz CT molecular complexity index is 1380. The monoisotopic (exact) mass is 499 g/mol. The third-order valence-electron chi connectivity index (χ3n) is 6.50. The lowest BCUT2D eigenvalue weighted by Crippen LogP contribution is -2.46. The average Bonchev–Trinajstić information content (AvgIpc) is 2.95. The minimum atomic E-state index is -1.22. The number of nitrogens with zero attached hydrogens (tertiary/aromatic N) is 1. The molecule has 2 aliphatic rings. The number of hydrogen-bond acceptors (Lipinski definition) is 7. The highest BCUT2D eigenvalue weighted by Gasteiger charge is 2.30. The van der Waals surface area contributed by atoms with Crippen LogP contribution in [0.2, 0.25) is 0 Å². The van der Waals surface area contributed by atoms with Gasteiger partial charge in [-0.25, -0.2) is 0 Å². The maximum Gasteiger partial charge on any atom is 0.252 e. The van der Waals surface area contributed by atoms with Gasteiger partial charge < -0.3 is 25.4 Å². The number of morpholine rings is 1. The molecule has 1 aliphatic carbocycles. The van der Waals surface area contributed by atoms with Gasteiger partial charge in [-0.2, -0.15) is 0 Å². The third-order valence-corrected chi connectivity index (χ3v) is 6.50. The van der Waals surface area contributed by atoms with Crippen molar-refractivity contribution in [1.29, 1.82) is 0 Å². The van der Waals surface area contributed by atoms with Crippen molar-refractivity contribution < 1.29 is 29.0 Å². The fourth-order valence-electron chi connectivity index (χ4n) is 4.48. The Morgan fingerprint density at radius 1 is 0.865 bits per heavy atom. The number of aliphatic hydroxyl groups is 1. The van der Waals surface area contributed by atoms with E-state index in [1.165, 1.54) is 18.2 Å². The number of ketones is 2. The summed E-state index contributed by atoms with van der Waals surface area (Å²) in [6.45, 7) is 2.29. The van der Waals surface area contributed by atoms with E-state index in [-0.39, 0.29) is 33.8 Å². The molecule has 2 amide bonds. The topological polar surface area (TPSA) is 125 Å². The summed E-state index contributed by atoms with van der Waals surface area (Å²) in [7, 11) is 0. The van der Waals surface area contributed by atoms with Gasteiger partial charge in [0.25, 0.3) is 5.91 Å². The lowest BCUT2D eigenvalue weighted by molar-refractivity contribution is -0.118. The molecule has 1 atom stereocenters. The SMILES string of the molecule is O=C(NC(CO)C(=O)Nc1ccc(N2CCOCC2)cc1)c1ccc2c(c1)C(=O)c1ccccc1C2=O. The van der Waals surface area contributed by atoms with Crippen molar-refractivity contribution in [3.05, 3.63) is 94.5 Å². The van der Waals surface area contributed by atoms with Crippen molar-refractivity contribution in [2.45, 2.75) is 6.04 Å². The Kier molecular flexibility index (Phi) is 6.80. The highest BCUT2D eigenvalue weighted by atomic mass is 16.5. The first-order valence-electron chi connectivity index (χ1n) is 11.9. The number of anilines is 2. The number of fused-ring (bicyclic) bond motifs is 2. The molecule has 0 saturated carbocycles. The molecule has 3 aromatic carbocycles. The second kappa shape index (κ2) is 10.3. The zero-order valence-electron chi connectivity index (χ0n) is 19.9. The molecule has 1 heterocycles. The van der Waals surface area contributed by atoms with Gasteiger partial charge in [0.05, 0.1) is 19.8 Å². The van der Waals surface area contributed by atoms with Crippen LogP contribution in [0.15, 0.2) is 66.7 Å². The standard InChI is InChI=1S/C28H25N3O6/c32-16-24(28(36)29-18-6-8-19(9-7-18)31-11-13-37-14-12-31)30-27(35)17-5-10-22-23(15-17)26(34)21-4-2-1-3-20(21)25(22)33/h1-10,15,24,32H,11-14,16H2,(H,29,36)(H,30,35). The van der Waals surface area contributed by atoms with Gasteiger partial charge >= 0.3 is 0 Å². The van der Waals surface area contributed by atoms with E-state index in [4.69, 9.17) is 4.74 Å². The second-order valence-electron chi connectivity index (χ2n) is 8.81. The first-order chi connectivity index (χ1) is 18.0. The van der Waals surface area contributed by atoms with Gasteiger partial charge in [0.2, 0.25) is 5.91 Å². The number of carbonyl (C=O) groups excluding carboxylic acids is 4. The molecule has 9 nitrogen and oxygen atoms in total. The van der Waals surface area contributed by atoms with Crippen molar-refractivity contribution in [2.75, 3.05) is 43.1 Å². The predicted octanol–water partition coefficient (Wildman–Crippen LogP) is 2.03. The molecule has 9 heteroatoms. The molecular weight excluding hydrogens is 474 g/mol. The van der Waals surface area contributed by atoms with Gasteiger partial charge in [0, 0.05) is 52.3 Å². The van der Waals surface area contributed by atoms with E-state index in [2.05, 4.69) is 15.5 Å². The average molecular weight is 500 g/mol. The first kappa shape index (κ1) is 24.4. The molecule has 3 aromatic rings.